The Labute approximate surface area is 196 Å². The van der Waals surface area contributed by atoms with Gasteiger partial charge in [0.05, 0.1) is 6.33 Å². The summed E-state index contributed by atoms with van der Waals surface area (Å²) in [4.78, 5) is 28.3. The Morgan fingerprint density at radius 2 is 1.88 bits per heavy atom. The van der Waals surface area contributed by atoms with Crippen molar-refractivity contribution in [2.24, 2.45) is 7.05 Å². The van der Waals surface area contributed by atoms with Crippen LogP contribution in [-0.4, -0.2) is 46.6 Å². The predicted molar refractivity (Wildman–Crippen MR) is 133 cm³/mol. The van der Waals surface area contributed by atoms with Crippen molar-refractivity contribution < 1.29 is 9.21 Å². The van der Waals surface area contributed by atoms with Crippen LogP contribution in [0.15, 0.2) is 59.3 Å². The molecule has 5 aromatic rings. The van der Waals surface area contributed by atoms with Crippen molar-refractivity contribution in [3.8, 4) is 11.5 Å². The lowest BCUT2D eigenvalue weighted by atomic mass is 10.1. The van der Waals surface area contributed by atoms with Crippen molar-refractivity contribution >= 4 is 39.7 Å². The molecule has 0 aliphatic carbocycles. The molecule has 9 nitrogen and oxygen atoms in total. The summed E-state index contributed by atoms with van der Waals surface area (Å²) in [7, 11) is 7.65. The lowest BCUT2D eigenvalue weighted by Crippen LogP contribution is -2.22. The van der Waals surface area contributed by atoms with Crippen LogP contribution in [0.1, 0.15) is 15.9 Å². The summed E-state index contributed by atoms with van der Waals surface area (Å²) < 4.78 is 7.92. The zero-order valence-corrected chi connectivity index (χ0v) is 19.5. The van der Waals surface area contributed by atoms with E-state index in [1.54, 1.807) is 13.4 Å². The molecule has 0 atom stereocenters. The van der Waals surface area contributed by atoms with E-state index < -0.39 is 0 Å². The topological polar surface area (TPSA) is 101 Å². The molecule has 0 fully saturated rings. The SMILES string of the molecule is CNc1nc2oc(-c3cccc(CNC(=O)c4ccc(N(C)C)cc4)c3)nc2c2c1ncn2C. The normalized spacial score (nSPS) is 11.2. The fraction of sp³-hybridized carbons (Fsp3) is 0.200. The van der Waals surface area contributed by atoms with Gasteiger partial charge in [-0.3, -0.25) is 4.79 Å². The molecule has 2 aromatic carbocycles. The van der Waals surface area contributed by atoms with Gasteiger partial charge >= 0.3 is 0 Å². The van der Waals surface area contributed by atoms with Crippen LogP contribution in [0.5, 0.6) is 0 Å². The molecule has 0 radical (unpaired) electrons. The van der Waals surface area contributed by atoms with Gasteiger partial charge in [0.1, 0.15) is 11.0 Å². The van der Waals surface area contributed by atoms with Gasteiger partial charge < -0.3 is 24.5 Å². The van der Waals surface area contributed by atoms with Crippen molar-refractivity contribution in [1.29, 1.82) is 0 Å². The summed E-state index contributed by atoms with van der Waals surface area (Å²) >= 11 is 0. The molecule has 1 amide bonds. The van der Waals surface area contributed by atoms with Gasteiger partial charge in [0.25, 0.3) is 11.6 Å². The third kappa shape index (κ3) is 3.81. The van der Waals surface area contributed by atoms with Gasteiger partial charge in [-0.05, 0) is 42.0 Å². The first-order valence-electron chi connectivity index (χ1n) is 10.9. The largest absolute Gasteiger partial charge is 0.418 e. The molecule has 0 unspecified atom stereocenters. The Morgan fingerprint density at radius 1 is 1.09 bits per heavy atom. The van der Waals surface area contributed by atoms with Crippen molar-refractivity contribution in [2.45, 2.75) is 6.54 Å². The van der Waals surface area contributed by atoms with Crippen molar-refractivity contribution in [3.05, 3.63) is 66.0 Å². The number of anilines is 2. The number of rotatable bonds is 6. The van der Waals surface area contributed by atoms with Gasteiger partial charge in [-0.15, -0.1) is 0 Å². The first-order valence-corrected chi connectivity index (χ1v) is 10.9. The van der Waals surface area contributed by atoms with Crippen LogP contribution in [0.3, 0.4) is 0 Å². The van der Waals surface area contributed by atoms with E-state index in [2.05, 4.69) is 20.6 Å². The summed E-state index contributed by atoms with van der Waals surface area (Å²) in [5.74, 6) is 0.978. The Hall–Kier alpha value is -4.40. The first kappa shape index (κ1) is 21.4. The monoisotopic (exact) mass is 455 g/mol. The van der Waals surface area contributed by atoms with E-state index in [1.807, 2.05) is 79.1 Å². The molecule has 0 spiro atoms. The standard InChI is InChI=1S/C25H25N7O2/c1-26-22-19-21(32(4)14-28-19)20-25(30-22)34-24(29-20)17-7-5-6-15(12-17)13-27-23(33)16-8-10-18(11-9-16)31(2)3/h5-12,14H,13H2,1-4H3,(H,26,30)(H,27,33). The molecule has 0 saturated heterocycles. The minimum absolute atomic E-state index is 0.125. The van der Waals surface area contributed by atoms with Gasteiger partial charge in [0, 0.05) is 51.5 Å². The van der Waals surface area contributed by atoms with Crippen LogP contribution in [0.4, 0.5) is 11.5 Å². The summed E-state index contributed by atoms with van der Waals surface area (Å²) in [6.07, 6.45) is 1.73. The third-order valence-corrected chi connectivity index (χ3v) is 5.72. The number of imidazole rings is 1. The minimum atomic E-state index is -0.125. The summed E-state index contributed by atoms with van der Waals surface area (Å²) in [6, 6.07) is 15.3. The minimum Gasteiger partial charge on any atom is -0.418 e. The number of nitrogens with one attached hydrogen (secondary N) is 2. The van der Waals surface area contributed by atoms with E-state index in [0.29, 0.717) is 35.0 Å². The number of benzene rings is 2. The van der Waals surface area contributed by atoms with Gasteiger partial charge in [-0.2, -0.15) is 4.98 Å². The molecule has 2 N–H and O–H groups in total. The molecule has 0 saturated carbocycles. The van der Waals surface area contributed by atoms with E-state index in [-0.39, 0.29) is 5.91 Å². The second kappa shape index (κ2) is 8.51. The number of pyridine rings is 1. The Balaban J connectivity index is 1.39. The summed E-state index contributed by atoms with van der Waals surface area (Å²) in [5, 5.41) is 6.04. The molecule has 3 aromatic heterocycles. The van der Waals surface area contributed by atoms with Gasteiger partial charge in [0.2, 0.25) is 5.89 Å². The highest BCUT2D eigenvalue weighted by molar-refractivity contribution is 6.03. The summed E-state index contributed by atoms with van der Waals surface area (Å²) in [6.45, 7) is 0.385. The van der Waals surface area contributed by atoms with Crippen LogP contribution in [0.2, 0.25) is 0 Å². The number of aryl methyl sites for hydroxylation is 1. The molecule has 0 bridgehead atoms. The van der Waals surface area contributed by atoms with Crippen molar-refractivity contribution in [1.82, 2.24) is 24.8 Å². The zero-order valence-electron chi connectivity index (χ0n) is 19.5. The number of carbonyl (C=O) groups is 1. The van der Waals surface area contributed by atoms with Crippen LogP contribution in [-0.2, 0) is 13.6 Å². The van der Waals surface area contributed by atoms with Crippen molar-refractivity contribution in [3.63, 3.8) is 0 Å². The molecule has 0 aliphatic rings. The van der Waals surface area contributed by atoms with Crippen LogP contribution in [0.25, 0.3) is 33.7 Å². The highest BCUT2D eigenvalue weighted by atomic mass is 16.4. The number of hydrogen-bond donors (Lipinski definition) is 2. The molecule has 9 heteroatoms. The molecule has 3 heterocycles. The van der Waals surface area contributed by atoms with Gasteiger partial charge in [-0.1, -0.05) is 12.1 Å². The molecular weight excluding hydrogens is 430 g/mol. The Bertz CT molecular complexity index is 1500. The average Bonchev–Trinajstić information content (AvgIpc) is 3.45. The average molecular weight is 456 g/mol. The van der Waals surface area contributed by atoms with E-state index >= 15 is 0 Å². The van der Waals surface area contributed by atoms with Crippen LogP contribution in [0, 0.1) is 0 Å². The molecule has 172 valence electrons. The highest BCUT2D eigenvalue weighted by Crippen LogP contribution is 2.31. The second-order valence-corrected chi connectivity index (χ2v) is 8.26. The number of hydrogen-bond acceptors (Lipinski definition) is 7. The molecule has 5 rings (SSSR count). The van der Waals surface area contributed by atoms with E-state index in [9.17, 15) is 4.79 Å². The third-order valence-electron chi connectivity index (χ3n) is 5.72. The summed E-state index contributed by atoms with van der Waals surface area (Å²) in [5.41, 5.74) is 6.10. The maximum Gasteiger partial charge on any atom is 0.251 e. The molecule has 34 heavy (non-hydrogen) atoms. The predicted octanol–water partition coefficient (Wildman–Crippen LogP) is 3.81. The fourth-order valence-corrected chi connectivity index (χ4v) is 3.89. The Morgan fingerprint density at radius 3 is 2.62 bits per heavy atom. The van der Waals surface area contributed by atoms with Gasteiger partial charge in [-0.25, -0.2) is 9.97 Å². The van der Waals surface area contributed by atoms with Crippen molar-refractivity contribution in [2.75, 3.05) is 31.4 Å². The zero-order chi connectivity index (χ0) is 23.8. The quantitative estimate of drug-likeness (QED) is 0.401. The number of fused-ring (bicyclic) bond motifs is 3. The lowest BCUT2D eigenvalue weighted by molar-refractivity contribution is 0.0951. The number of oxazole rings is 1. The van der Waals surface area contributed by atoms with Crippen LogP contribution < -0.4 is 15.5 Å². The molecule has 0 aliphatic heterocycles. The highest BCUT2D eigenvalue weighted by Gasteiger charge is 2.18. The second-order valence-electron chi connectivity index (χ2n) is 8.26. The smallest absolute Gasteiger partial charge is 0.251 e. The maximum absolute atomic E-state index is 12.6. The van der Waals surface area contributed by atoms with E-state index in [1.165, 1.54) is 0 Å². The lowest BCUT2D eigenvalue weighted by Gasteiger charge is -2.12. The first-order chi connectivity index (χ1) is 16.4. The maximum atomic E-state index is 12.6. The Kier molecular flexibility index (Phi) is 5.37. The van der Waals surface area contributed by atoms with Crippen LogP contribution >= 0.6 is 0 Å². The number of nitrogens with zero attached hydrogens (tertiary/aromatic N) is 5. The number of aromatic nitrogens is 4. The molecular formula is C25H25N7O2. The fourth-order valence-electron chi connectivity index (χ4n) is 3.89. The number of amides is 1. The van der Waals surface area contributed by atoms with E-state index in [0.717, 1.165) is 27.8 Å². The van der Waals surface area contributed by atoms with E-state index in [4.69, 9.17) is 9.40 Å². The van der Waals surface area contributed by atoms with Gasteiger partial charge in [0.15, 0.2) is 11.3 Å². The number of carbonyl (C=O) groups excluding carboxylic acids is 1.